The van der Waals surface area contributed by atoms with Crippen LogP contribution in [-0.4, -0.2) is 10.5 Å². The first-order valence-corrected chi connectivity index (χ1v) is 6.01. The van der Waals surface area contributed by atoms with Crippen molar-refractivity contribution < 1.29 is 4.79 Å². The molecule has 2 rings (SSSR count). The number of carbonyl (C=O) groups is 1. The van der Waals surface area contributed by atoms with E-state index in [1.807, 2.05) is 0 Å². The van der Waals surface area contributed by atoms with Gasteiger partial charge < -0.3 is 9.88 Å². The van der Waals surface area contributed by atoms with Crippen LogP contribution in [0.3, 0.4) is 0 Å². The van der Waals surface area contributed by atoms with Crippen molar-refractivity contribution in [3.8, 4) is 11.8 Å². The van der Waals surface area contributed by atoms with Gasteiger partial charge >= 0.3 is 0 Å². The Morgan fingerprint density at radius 1 is 1.53 bits per heavy atom. The van der Waals surface area contributed by atoms with E-state index in [2.05, 4.69) is 41.6 Å². The summed E-state index contributed by atoms with van der Waals surface area (Å²) < 4.78 is 2.38. The SMILES string of the molecule is CC#CC(=O)NCc1cc(C)n(C2CC2)c1C. The van der Waals surface area contributed by atoms with Crippen molar-refractivity contribution in [3.63, 3.8) is 0 Å². The number of carbonyl (C=O) groups excluding carboxylic acids is 1. The first kappa shape index (κ1) is 11.8. The third-order valence-corrected chi connectivity index (χ3v) is 3.18. The number of nitrogens with one attached hydrogen (secondary N) is 1. The second-order valence-corrected chi connectivity index (χ2v) is 4.56. The normalized spacial score (nSPS) is 14.1. The Morgan fingerprint density at radius 2 is 2.24 bits per heavy atom. The molecule has 1 saturated carbocycles. The van der Waals surface area contributed by atoms with Gasteiger partial charge in [0.1, 0.15) is 0 Å². The van der Waals surface area contributed by atoms with Gasteiger partial charge in [-0.3, -0.25) is 4.79 Å². The summed E-state index contributed by atoms with van der Waals surface area (Å²) in [6, 6.07) is 2.85. The number of aromatic nitrogens is 1. The van der Waals surface area contributed by atoms with Gasteiger partial charge in [0.2, 0.25) is 0 Å². The predicted octanol–water partition coefficient (Wildman–Crippen LogP) is 2.08. The number of amides is 1. The molecule has 1 aliphatic carbocycles. The average Bonchev–Trinajstić information content (AvgIpc) is 3.05. The molecule has 1 aromatic heterocycles. The number of rotatable bonds is 3. The van der Waals surface area contributed by atoms with E-state index in [-0.39, 0.29) is 5.91 Å². The quantitative estimate of drug-likeness (QED) is 0.793. The van der Waals surface area contributed by atoms with Crippen LogP contribution in [0.25, 0.3) is 0 Å². The molecule has 0 aromatic carbocycles. The maximum absolute atomic E-state index is 11.3. The molecule has 0 aliphatic heterocycles. The average molecular weight is 230 g/mol. The minimum Gasteiger partial charge on any atom is -0.346 e. The summed E-state index contributed by atoms with van der Waals surface area (Å²) in [5.74, 6) is 4.88. The summed E-state index contributed by atoms with van der Waals surface area (Å²) in [5.41, 5.74) is 3.76. The van der Waals surface area contributed by atoms with Crippen molar-refractivity contribution in [2.24, 2.45) is 0 Å². The third-order valence-electron chi connectivity index (χ3n) is 3.18. The number of nitrogens with zero attached hydrogens (tertiary/aromatic N) is 1. The van der Waals surface area contributed by atoms with Crippen molar-refractivity contribution in [1.82, 2.24) is 9.88 Å². The van der Waals surface area contributed by atoms with Gasteiger partial charge in [0.25, 0.3) is 5.91 Å². The first-order chi connectivity index (χ1) is 8.13. The Labute approximate surface area is 102 Å². The van der Waals surface area contributed by atoms with Gasteiger partial charge in [0, 0.05) is 24.0 Å². The standard InChI is InChI=1S/C14H18N2O/c1-4-5-14(17)15-9-12-8-10(2)16(11(12)3)13-6-7-13/h8,13H,6-7,9H2,1-3H3,(H,15,17). The van der Waals surface area contributed by atoms with Crippen LogP contribution in [0.2, 0.25) is 0 Å². The van der Waals surface area contributed by atoms with Crippen LogP contribution < -0.4 is 5.32 Å². The van der Waals surface area contributed by atoms with Crippen molar-refractivity contribution in [2.75, 3.05) is 0 Å². The van der Waals surface area contributed by atoms with E-state index in [0.29, 0.717) is 12.6 Å². The fourth-order valence-electron chi connectivity index (χ4n) is 2.25. The van der Waals surface area contributed by atoms with Crippen LogP contribution in [0.1, 0.15) is 42.8 Å². The number of aryl methyl sites for hydroxylation is 1. The van der Waals surface area contributed by atoms with Crippen molar-refractivity contribution >= 4 is 5.91 Å². The summed E-state index contributed by atoms with van der Waals surface area (Å²) >= 11 is 0. The van der Waals surface area contributed by atoms with E-state index in [4.69, 9.17) is 0 Å². The van der Waals surface area contributed by atoms with Crippen molar-refractivity contribution in [3.05, 3.63) is 23.0 Å². The molecule has 1 amide bonds. The van der Waals surface area contributed by atoms with Gasteiger partial charge in [-0.05, 0) is 51.2 Å². The summed E-state index contributed by atoms with van der Waals surface area (Å²) in [6.07, 6.45) is 2.56. The molecule has 1 heterocycles. The summed E-state index contributed by atoms with van der Waals surface area (Å²) in [5, 5.41) is 2.81. The zero-order valence-corrected chi connectivity index (χ0v) is 10.6. The first-order valence-electron chi connectivity index (χ1n) is 6.01. The smallest absolute Gasteiger partial charge is 0.296 e. The topological polar surface area (TPSA) is 34.0 Å². The Morgan fingerprint density at radius 3 is 2.82 bits per heavy atom. The lowest BCUT2D eigenvalue weighted by Crippen LogP contribution is -2.21. The molecule has 0 unspecified atom stereocenters. The zero-order valence-electron chi connectivity index (χ0n) is 10.6. The van der Waals surface area contributed by atoms with Crippen LogP contribution in [0.15, 0.2) is 6.07 Å². The second-order valence-electron chi connectivity index (χ2n) is 4.56. The number of hydrogen-bond donors (Lipinski definition) is 1. The van der Waals surface area contributed by atoms with Crippen LogP contribution in [-0.2, 0) is 11.3 Å². The van der Waals surface area contributed by atoms with Gasteiger partial charge in [-0.25, -0.2) is 0 Å². The van der Waals surface area contributed by atoms with Crippen molar-refractivity contribution in [2.45, 2.75) is 46.2 Å². The second kappa shape index (κ2) is 4.67. The predicted molar refractivity (Wildman–Crippen MR) is 67.5 cm³/mol. The highest BCUT2D eigenvalue weighted by Crippen LogP contribution is 2.38. The van der Waals surface area contributed by atoms with E-state index in [9.17, 15) is 4.79 Å². The fraction of sp³-hybridized carbons (Fsp3) is 0.500. The molecular weight excluding hydrogens is 212 g/mol. The Kier molecular flexibility index (Phi) is 3.23. The molecule has 3 nitrogen and oxygen atoms in total. The van der Waals surface area contributed by atoms with E-state index in [1.165, 1.54) is 29.8 Å². The van der Waals surface area contributed by atoms with Gasteiger partial charge in [-0.1, -0.05) is 5.92 Å². The highest BCUT2D eigenvalue weighted by atomic mass is 16.1. The lowest BCUT2D eigenvalue weighted by Gasteiger charge is -2.07. The highest BCUT2D eigenvalue weighted by molar-refractivity contribution is 5.93. The van der Waals surface area contributed by atoms with Crippen molar-refractivity contribution in [1.29, 1.82) is 0 Å². The van der Waals surface area contributed by atoms with Gasteiger partial charge in [0.05, 0.1) is 0 Å². The van der Waals surface area contributed by atoms with Gasteiger partial charge in [-0.2, -0.15) is 0 Å². The molecule has 0 atom stereocenters. The highest BCUT2D eigenvalue weighted by Gasteiger charge is 2.26. The lowest BCUT2D eigenvalue weighted by atomic mass is 10.2. The summed E-state index contributed by atoms with van der Waals surface area (Å²) in [6.45, 7) is 6.49. The summed E-state index contributed by atoms with van der Waals surface area (Å²) in [7, 11) is 0. The monoisotopic (exact) mass is 230 g/mol. The molecule has 0 radical (unpaired) electrons. The summed E-state index contributed by atoms with van der Waals surface area (Å²) in [4.78, 5) is 11.3. The minimum atomic E-state index is -0.205. The Bertz CT molecular complexity index is 498. The van der Waals surface area contributed by atoms with E-state index >= 15 is 0 Å². The van der Waals surface area contributed by atoms with Crippen LogP contribution in [0.4, 0.5) is 0 Å². The van der Waals surface area contributed by atoms with Crippen LogP contribution >= 0.6 is 0 Å². The largest absolute Gasteiger partial charge is 0.346 e. The maximum Gasteiger partial charge on any atom is 0.296 e. The third kappa shape index (κ3) is 2.52. The Hall–Kier alpha value is -1.69. The molecule has 1 aliphatic rings. The molecule has 1 N–H and O–H groups in total. The molecule has 1 fully saturated rings. The van der Waals surface area contributed by atoms with Gasteiger partial charge in [-0.15, -0.1) is 0 Å². The van der Waals surface area contributed by atoms with E-state index in [0.717, 1.165) is 0 Å². The molecule has 1 aromatic rings. The fourth-order valence-corrected chi connectivity index (χ4v) is 2.25. The van der Waals surface area contributed by atoms with E-state index < -0.39 is 0 Å². The molecular formula is C14H18N2O. The minimum absolute atomic E-state index is 0.205. The van der Waals surface area contributed by atoms with Crippen LogP contribution in [0, 0.1) is 25.7 Å². The Balaban J connectivity index is 2.08. The van der Waals surface area contributed by atoms with Crippen LogP contribution in [0.5, 0.6) is 0 Å². The van der Waals surface area contributed by atoms with Gasteiger partial charge in [0.15, 0.2) is 0 Å². The zero-order chi connectivity index (χ0) is 12.4. The lowest BCUT2D eigenvalue weighted by molar-refractivity contribution is -0.115. The molecule has 3 heteroatoms. The molecule has 0 bridgehead atoms. The van der Waals surface area contributed by atoms with E-state index in [1.54, 1.807) is 6.92 Å². The number of hydrogen-bond acceptors (Lipinski definition) is 1. The molecule has 17 heavy (non-hydrogen) atoms. The molecule has 0 spiro atoms. The molecule has 0 saturated heterocycles. The maximum atomic E-state index is 11.3. The molecule has 90 valence electrons.